The summed E-state index contributed by atoms with van der Waals surface area (Å²) in [5, 5.41) is 8.54. The molecule has 5 nitrogen and oxygen atoms in total. The number of nitrogens with one attached hydrogen (secondary N) is 1. The lowest BCUT2D eigenvalue weighted by Gasteiger charge is -2.10. The average Bonchev–Trinajstić information content (AvgIpc) is 3.02. The molecule has 0 fully saturated rings. The molecule has 0 bridgehead atoms. The third kappa shape index (κ3) is 3.15. The molecule has 0 spiro atoms. The maximum Gasteiger partial charge on any atom is 0.155 e. The maximum atomic E-state index is 6.13. The zero-order chi connectivity index (χ0) is 14.7. The van der Waals surface area contributed by atoms with Crippen LogP contribution in [0.25, 0.3) is 5.82 Å². The highest BCUT2D eigenvalue weighted by Crippen LogP contribution is 2.25. The Bertz CT molecular complexity index is 705. The predicted molar refractivity (Wildman–Crippen MR) is 82.9 cm³/mol. The van der Waals surface area contributed by atoms with E-state index in [1.807, 2.05) is 30.3 Å². The summed E-state index contributed by atoms with van der Waals surface area (Å²) in [6, 6.07) is 9.22. The number of aromatic nitrogens is 4. The average molecular weight is 320 g/mol. The first-order valence-corrected chi connectivity index (χ1v) is 6.97. The van der Waals surface area contributed by atoms with E-state index in [1.54, 1.807) is 17.2 Å². The van der Waals surface area contributed by atoms with Crippen LogP contribution in [0, 0.1) is 0 Å². The lowest BCUT2D eigenvalue weighted by molar-refractivity contribution is 0.845. The summed E-state index contributed by atoms with van der Waals surface area (Å²) in [6.45, 7) is 0.531. The normalized spacial score (nSPS) is 10.6. The number of hydrogen-bond acceptors (Lipinski definition) is 4. The third-order valence-corrected chi connectivity index (χ3v) is 3.64. The molecule has 7 heteroatoms. The molecule has 1 N–H and O–H groups in total. The van der Waals surface area contributed by atoms with Gasteiger partial charge in [-0.1, -0.05) is 29.3 Å². The molecule has 2 aromatic heterocycles. The summed E-state index contributed by atoms with van der Waals surface area (Å²) < 4.78 is 1.59. The lowest BCUT2D eigenvalue weighted by atomic mass is 10.2. The van der Waals surface area contributed by atoms with Crippen LogP contribution in [0.4, 0.5) is 5.69 Å². The highest BCUT2D eigenvalue weighted by Gasteiger charge is 2.05. The van der Waals surface area contributed by atoms with Crippen molar-refractivity contribution in [3.63, 3.8) is 0 Å². The van der Waals surface area contributed by atoms with Crippen LogP contribution >= 0.6 is 23.2 Å². The molecule has 0 amide bonds. The van der Waals surface area contributed by atoms with E-state index in [0.29, 0.717) is 22.4 Å². The topological polar surface area (TPSA) is 55.6 Å². The first-order chi connectivity index (χ1) is 10.2. The monoisotopic (exact) mass is 319 g/mol. The third-order valence-electron chi connectivity index (χ3n) is 2.93. The summed E-state index contributed by atoms with van der Waals surface area (Å²) in [5.74, 6) is 0.703. The summed E-state index contributed by atoms with van der Waals surface area (Å²) in [6.07, 6.45) is 4.79. The number of pyridine rings is 1. The summed E-state index contributed by atoms with van der Waals surface area (Å²) >= 11 is 12.3. The van der Waals surface area contributed by atoms with Crippen molar-refractivity contribution in [1.82, 2.24) is 19.7 Å². The fourth-order valence-corrected chi connectivity index (χ4v) is 2.38. The Hall–Kier alpha value is -2.11. The van der Waals surface area contributed by atoms with Crippen LogP contribution in [0.15, 0.2) is 49.2 Å². The summed E-state index contributed by atoms with van der Waals surface area (Å²) in [7, 11) is 0. The standard InChI is InChI=1S/C14H11Cl2N5/c15-12-2-1-3-13(16)11(12)7-18-10-4-5-14(19-6-10)21-9-17-8-20-21/h1-6,8-9,18H,7H2. The molecule has 2 heterocycles. The van der Waals surface area contributed by atoms with Crippen LogP contribution in [0.3, 0.4) is 0 Å². The fraction of sp³-hybridized carbons (Fsp3) is 0.0714. The molecule has 106 valence electrons. The van der Waals surface area contributed by atoms with Gasteiger partial charge in [0.25, 0.3) is 0 Å². The summed E-state index contributed by atoms with van der Waals surface area (Å²) in [4.78, 5) is 8.19. The number of hydrogen-bond donors (Lipinski definition) is 1. The minimum Gasteiger partial charge on any atom is -0.380 e. The smallest absolute Gasteiger partial charge is 0.155 e. The van der Waals surface area contributed by atoms with Crippen molar-refractivity contribution in [3.8, 4) is 5.82 Å². The second-order valence-electron chi connectivity index (χ2n) is 4.30. The van der Waals surface area contributed by atoms with Gasteiger partial charge in [-0.25, -0.2) is 14.6 Å². The number of benzene rings is 1. The Labute approximate surface area is 131 Å². The van der Waals surface area contributed by atoms with E-state index in [2.05, 4.69) is 20.4 Å². The molecule has 0 saturated carbocycles. The van der Waals surface area contributed by atoms with Gasteiger partial charge < -0.3 is 5.32 Å². The fourth-order valence-electron chi connectivity index (χ4n) is 1.84. The second-order valence-corrected chi connectivity index (χ2v) is 5.11. The van der Waals surface area contributed by atoms with Crippen molar-refractivity contribution in [2.24, 2.45) is 0 Å². The highest BCUT2D eigenvalue weighted by atomic mass is 35.5. The van der Waals surface area contributed by atoms with E-state index in [-0.39, 0.29) is 0 Å². The maximum absolute atomic E-state index is 6.13. The molecular weight excluding hydrogens is 309 g/mol. The Balaban J connectivity index is 1.71. The largest absolute Gasteiger partial charge is 0.380 e. The lowest BCUT2D eigenvalue weighted by Crippen LogP contribution is -2.03. The molecule has 0 saturated heterocycles. The molecule has 0 aliphatic heterocycles. The second kappa shape index (κ2) is 6.11. The van der Waals surface area contributed by atoms with E-state index >= 15 is 0 Å². The minimum absolute atomic E-state index is 0.531. The molecule has 21 heavy (non-hydrogen) atoms. The Morgan fingerprint density at radius 1 is 1.10 bits per heavy atom. The van der Waals surface area contributed by atoms with Gasteiger partial charge in [0.05, 0.1) is 11.9 Å². The molecule has 3 aromatic rings. The molecule has 0 aliphatic rings. The van der Waals surface area contributed by atoms with Crippen molar-refractivity contribution >= 4 is 28.9 Å². The van der Waals surface area contributed by atoms with Gasteiger partial charge in [0, 0.05) is 22.2 Å². The van der Waals surface area contributed by atoms with E-state index in [0.717, 1.165) is 11.3 Å². The van der Waals surface area contributed by atoms with Crippen LogP contribution in [-0.4, -0.2) is 19.7 Å². The van der Waals surface area contributed by atoms with Crippen molar-refractivity contribution in [1.29, 1.82) is 0 Å². The quantitative estimate of drug-likeness (QED) is 0.798. The van der Waals surface area contributed by atoms with Crippen LogP contribution in [0.2, 0.25) is 10.0 Å². The highest BCUT2D eigenvalue weighted by molar-refractivity contribution is 6.36. The predicted octanol–water partition coefficient (Wildman–Crippen LogP) is 3.58. The number of nitrogens with zero attached hydrogens (tertiary/aromatic N) is 4. The van der Waals surface area contributed by atoms with Crippen LogP contribution in [0.1, 0.15) is 5.56 Å². The van der Waals surface area contributed by atoms with Gasteiger partial charge in [-0.3, -0.25) is 0 Å². The number of rotatable bonds is 4. The number of halogens is 2. The van der Waals surface area contributed by atoms with Gasteiger partial charge in [0.1, 0.15) is 12.7 Å². The van der Waals surface area contributed by atoms with E-state index < -0.39 is 0 Å². The molecular formula is C14H11Cl2N5. The zero-order valence-electron chi connectivity index (χ0n) is 10.9. The van der Waals surface area contributed by atoms with Crippen LogP contribution in [-0.2, 0) is 6.54 Å². The first kappa shape index (κ1) is 13.9. The van der Waals surface area contributed by atoms with Crippen LogP contribution in [0.5, 0.6) is 0 Å². The zero-order valence-corrected chi connectivity index (χ0v) is 12.4. The van der Waals surface area contributed by atoms with Gasteiger partial charge in [0.2, 0.25) is 0 Å². The Morgan fingerprint density at radius 3 is 2.52 bits per heavy atom. The van der Waals surface area contributed by atoms with Crippen molar-refractivity contribution in [3.05, 3.63) is 64.8 Å². The molecule has 0 unspecified atom stereocenters. The number of anilines is 1. The summed E-state index contributed by atoms with van der Waals surface area (Å²) in [5.41, 5.74) is 1.73. The van der Waals surface area contributed by atoms with Gasteiger partial charge in [-0.2, -0.15) is 5.10 Å². The minimum atomic E-state index is 0.531. The van der Waals surface area contributed by atoms with Gasteiger partial charge in [-0.15, -0.1) is 0 Å². The van der Waals surface area contributed by atoms with Gasteiger partial charge >= 0.3 is 0 Å². The Kier molecular flexibility index (Phi) is 4.03. The van der Waals surface area contributed by atoms with E-state index in [4.69, 9.17) is 23.2 Å². The van der Waals surface area contributed by atoms with Gasteiger partial charge in [0.15, 0.2) is 5.82 Å². The van der Waals surface area contributed by atoms with Crippen molar-refractivity contribution < 1.29 is 0 Å². The molecule has 1 aromatic carbocycles. The van der Waals surface area contributed by atoms with Crippen molar-refractivity contribution in [2.45, 2.75) is 6.54 Å². The Morgan fingerprint density at radius 2 is 1.90 bits per heavy atom. The van der Waals surface area contributed by atoms with E-state index in [1.165, 1.54) is 6.33 Å². The van der Waals surface area contributed by atoms with Crippen LogP contribution < -0.4 is 5.32 Å². The molecule has 0 atom stereocenters. The molecule has 0 aliphatic carbocycles. The molecule has 3 rings (SSSR count). The van der Waals surface area contributed by atoms with Crippen molar-refractivity contribution in [2.75, 3.05) is 5.32 Å². The van der Waals surface area contributed by atoms with E-state index in [9.17, 15) is 0 Å². The van der Waals surface area contributed by atoms with Gasteiger partial charge in [-0.05, 0) is 24.3 Å². The SMILES string of the molecule is Clc1cccc(Cl)c1CNc1ccc(-n2cncn2)nc1. The molecule has 0 radical (unpaired) electrons. The first-order valence-electron chi connectivity index (χ1n) is 6.22.